The second kappa shape index (κ2) is 11.0. The zero-order valence-electron chi connectivity index (χ0n) is 20.0. The molecule has 2 heterocycles. The minimum atomic E-state index is -0.556. The van der Waals surface area contributed by atoms with Gasteiger partial charge in [-0.2, -0.15) is 0 Å². The number of methoxy groups -OCH3 is 2. The predicted octanol–water partition coefficient (Wildman–Crippen LogP) is 3.90. The number of thiophene rings is 1. The van der Waals surface area contributed by atoms with E-state index in [4.69, 9.17) is 18.9 Å². The first-order chi connectivity index (χ1) is 17.4. The van der Waals surface area contributed by atoms with Crippen molar-refractivity contribution in [2.75, 3.05) is 27.4 Å². The molecule has 0 atom stereocenters. The van der Waals surface area contributed by atoms with E-state index < -0.39 is 11.5 Å². The fourth-order valence-electron chi connectivity index (χ4n) is 3.60. The summed E-state index contributed by atoms with van der Waals surface area (Å²) in [5.41, 5.74) is 0.423. The smallest absolute Gasteiger partial charge is 0.348 e. The van der Waals surface area contributed by atoms with Crippen LogP contribution in [0.4, 0.5) is 0 Å². The molecule has 2 aromatic carbocycles. The molecule has 9 nitrogen and oxygen atoms in total. The molecule has 0 bridgehead atoms. The SMILES string of the molecule is COc1ccc(C(=O)Cn2cnc3sc(C(=O)OCCOc4ccccc4)c(C)c3c2=O)cc1OC. The van der Waals surface area contributed by atoms with Crippen LogP contribution in [0.25, 0.3) is 10.2 Å². The predicted molar refractivity (Wildman–Crippen MR) is 135 cm³/mol. The van der Waals surface area contributed by atoms with Gasteiger partial charge < -0.3 is 18.9 Å². The molecule has 0 N–H and O–H groups in total. The van der Waals surface area contributed by atoms with Crippen molar-refractivity contribution in [2.45, 2.75) is 13.5 Å². The molecular weight excluding hydrogens is 484 g/mol. The Morgan fingerprint density at radius 2 is 1.75 bits per heavy atom. The number of esters is 1. The van der Waals surface area contributed by atoms with Crippen LogP contribution in [0.3, 0.4) is 0 Å². The number of hydrogen-bond acceptors (Lipinski definition) is 9. The van der Waals surface area contributed by atoms with Gasteiger partial charge in [0, 0.05) is 5.56 Å². The van der Waals surface area contributed by atoms with Gasteiger partial charge in [0.05, 0.1) is 32.5 Å². The number of benzene rings is 2. The number of para-hydroxylation sites is 1. The molecule has 0 aliphatic heterocycles. The van der Waals surface area contributed by atoms with Gasteiger partial charge in [-0.05, 0) is 42.8 Å². The third-order valence-corrected chi connectivity index (χ3v) is 6.63. The van der Waals surface area contributed by atoms with Crippen LogP contribution in [0.1, 0.15) is 25.6 Å². The average molecular weight is 509 g/mol. The van der Waals surface area contributed by atoms with Crippen molar-refractivity contribution in [1.82, 2.24) is 9.55 Å². The first-order valence-corrected chi connectivity index (χ1v) is 11.8. The number of rotatable bonds is 10. The summed E-state index contributed by atoms with van der Waals surface area (Å²) in [6.45, 7) is 1.70. The highest BCUT2D eigenvalue weighted by atomic mass is 32.1. The summed E-state index contributed by atoms with van der Waals surface area (Å²) >= 11 is 1.08. The monoisotopic (exact) mass is 508 g/mol. The second-order valence-corrected chi connectivity index (χ2v) is 8.70. The number of nitrogens with zero attached hydrogens (tertiary/aromatic N) is 2. The summed E-state index contributed by atoms with van der Waals surface area (Å²) < 4.78 is 22.5. The van der Waals surface area contributed by atoms with Gasteiger partial charge in [0.1, 0.15) is 28.7 Å². The van der Waals surface area contributed by atoms with Crippen molar-refractivity contribution in [1.29, 1.82) is 0 Å². The summed E-state index contributed by atoms with van der Waals surface area (Å²) in [6.07, 6.45) is 1.31. The Hall–Kier alpha value is -4.18. The minimum absolute atomic E-state index is 0.0545. The van der Waals surface area contributed by atoms with E-state index in [1.54, 1.807) is 25.1 Å². The lowest BCUT2D eigenvalue weighted by Crippen LogP contribution is -2.24. The van der Waals surface area contributed by atoms with Crippen LogP contribution >= 0.6 is 11.3 Å². The molecular formula is C26H24N2O7S. The zero-order valence-corrected chi connectivity index (χ0v) is 20.8. The lowest BCUT2D eigenvalue weighted by Gasteiger charge is -2.10. The molecule has 0 spiro atoms. The molecule has 0 unspecified atom stereocenters. The third-order valence-electron chi connectivity index (χ3n) is 5.45. The number of carbonyl (C=O) groups excluding carboxylic acids is 2. The Bertz CT molecular complexity index is 1460. The Kier molecular flexibility index (Phi) is 7.65. The van der Waals surface area contributed by atoms with Crippen LogP contribution in [0.2, 0.25) is 0 Å². The average Bonchev–Trinajstić information content (AvgIpc) is 3.25. The summed E-state index contributed by atoms with van der Waals surface area (Å²) in [5.74, 6) is 0.730. The molecule has 4 rings (SSSR count). The van der Waals surface area contributed by atoms with Gasteiger partial charge in [0.2, 0.25) is 0 Å². The maximum Gasteiger partial charge on any atom is 0.348 e. The minimum Gasteiger partial charge on any atom is -0.493 e. The number of carbonyl (C=O) groups is 2. The van der Waals surface area contributed by atoms with Gasteiger partial charge in [-0.25, -0.2) is 9.78 Å². The quantitative estimate of drug-likeness (QED) is 0.180. The fraction of sp³-hybridized carbons (Fsp3) is 0.231. The fourth-order valence-corrected chi connectivity index (χ4v) is 4.63. The van der Waals surface area contributed by atoms with E-state index in [0.717, 1.165) is 11.3 Å². The van der Waals surface area contributed by atoms with Crippen LogP contribution in [0.15, 0.2) is 59.7 Å². The Balaban J connectivity index is 1.48. The van der Waals surface area contributed by atoms with Gasteiger partial charge in [0.15, 0.2) is 17.3 Å². The molecule has 0 radical (unpaired) electrons. The summed E-state index contributed by atoms with van der Waals surface area (Å²) in [5, 5.41) is 0.287. The normalized spacial score (nSPS) is 10.8. The van der Waals surface area contributed by atoms with Crippen LogP contribution in [-0.2, 0) is 11.3 Å². The van der Waals surface area contributed by atoms with E-state index in [0.29, 0.717) is 38.1 Å². The molecule has 0 aliphatic rings. The molecule has 2 aromatic heterocycles. The molecule has 36 heavy (non-hydrogen) atoms. The Morgan fingerprint density at radius 3 is 2.47 bits per heavy atom. The van der Waals surface area contributed by atoms with E-state index in [9.17, 15) is 14.4 Å². The summed E-state index contributed by atoms with van der Waals surface area (Å²) in [4.78, 5) is 43.6. The second-order valence-electron chi connectivity index (χ2n) is 7.70. The zero-order chi connectivity index (χ0) is 25.7. The van der Waals surface area contributed by atoms with E-state index in [2.05, 4.69) is 4.98 Å². The molecule has 0 fully saturated rings. The molecule has 0 saturated heterocycles. The van der Waals surface area contributed by atoms with Crippen molar-refractivity contribution in [3.63, 3.8) is 0 Å². The Morgan fingerprint density at radius 1 is 1.00 bits per heavy atom. The summed E-state index contributed by atoms with van der Waals surface area (Å²) in [6, 6.07) is 14.0. The number of fused-ring (bicyclic) bond motifs is 1. The maximum atomic E-state index is 13.2. The van der Waals surface area contributed by atoms with E-state index in [1.165, 1.54) is 25.1 Å². The standard InChI is InChI=1S/C26H24N2O7S/c1-16-22-24(36-23(16)26(31)35-12-11-34-18-7-5-4-6-8-18)27-15-28(25(22)30)14-19(29)17-9-10-20(32-2)21(13-17)33-3/h4-10,13,15H,11-12,14H2,1-3H3. The number of aryl methyl sites for hydroxylation is 1. The van der Waals surface area contributed by atoms with Crippen molar-refractivity contribution >= 4 is 33.3 Å². The van der Waals surface area contributed by atoms with E-state index in [1.807, 2.05) is 30.3 Å². The first kappa shape index (κ1) is 24.9. The molecule has 4 aromatic rings. The highest BCUT2D eigenvalue weighted by Gasteiger charge is 2.21. The lowest BCUT2D eigenvalue weighted by atomic mass is 10.1. The van der Waals surface area contributed by atoms with Gasteiger partial charge in [-0.3, -0.25) is 14.2 Å². The lowest BCUT2D eigenvalue weighted by molar-refractivity contribution is 0.0455. The molecule has 0 aliphatic carbocycles. The topological polar surface area (TPSA) is 106 Å². The Labute approximate surface area is 210 Å². The van der Waals surface area contributed by atoms with E-state index in [-0.39, 0.29) is 30.9 Å². The van der Waals surface area contributed by atoms with Crippen LogP contribution in [0.5, 0.6) is 17.2 Å². The first-order valence-electron chi connectivity index (χ1n) is 11.0. The molecule has 186 valence electrons. The highest BCUT2D eigenvalue weighted by Crippen LogP contribution is 2.29. The largest absolute Gasteiger partial charge is 0.493 e. The van der Waals surface area contributed by atoms with Gasteiger partial charge in [0.25, 0.3) is 5.56 Å². The van der Waals surface area contributed by atoms with Crippen LogP contribution < -0.4 is 19.8 Å². The number of ketones is 1. The number of ether oxygens (including phenoxy) is 4. The van der Waals surface area contributed by atoms with Gasteiger partial charge in [-0.1, -0.05) is 18.2 Å². The molecule has 0 amide bonds. The molecule has 10 heteroatoms. The van der Waals surface area contributed by atoms with Crippen molar-refractivity contribution in [3.05, 3.63) is 81.2 Å². The number of Topliss-reactive ketones (excluding diaryl/α,β-unsaturated/α-hetero) is 1. The number of aromatic nitrogens is 2. The maximum absolute atomic E-state index is 13.2. The third kappa shape index (κ3) is 5.23. The van der Waals surface area contributed by atoms with Gasteiger partial charge >= 0.3 is 5.97 Å². The van der Waals surface area contributed by atoms with E-state index >= 15 is 0 Å². The van der Waals surface area contributed by atoms with Crippen molar-refractivity contribution in [3.8, 4) is 17.2 Å². The number of hydrogen-bond donors (Lipinski definition) is 0. The highest BCUT2D eigenvalue weighted by molar-refractivity contribution is 7.20. The van der Waals surface area contributed by atoms with Crippen LogP contribution in [0, 0.1) is 6.92 Å². The molecule has 0 saturated carbocycles. The van der Waals surface area contributed by atoms with Crippen molar-refractivity contribution in [2.24, 2.45) is 0 Å². The summed E-state index contributed by atoms with van der Waals surface area (Å²) in [7, 11) is 2.98. The van der Waals surface area contributed by atoms with Crippen LogP contribution in [-0.4, -0.2) is 48.7 Å². The van der Waals surface area contributed by atoms with Crippen molar-refractivity contribution < 1.29 is 28.5 Å². The van der Waals surface area contributed by atoms with Gasteiger partial charge in [-0.15, -0.1) is 11.3 Å².